The Morgan fingerprint density at radius 3 is 1.82 bits per heavy atom. The van der Waals surface area contributed by atoms with Gasteiger partial charge in [-0.1, -0.05) is 54.6 Å². The summed E-state index contributed by atoms with van der Waals surface area (Å²) in [6.07, 6.45) is 0. The monoisotopic (exact) mass is 283 g/mol. The van der Waals surface area contributed by atoms with Crippen LogP contribution in [0.3, 0.4) is 0 Å². The molecule has 1 nitrogen and oxygen atoms in total. The van der Waals surface area contributed by atoms with Crippen molar-refractivity contribution in [2.24, 2.45) is 0 Å². The fourth-order valence-electron chi connectivity index (χ4n) is 3.05. The zero-order valence-corrected chi connectivity index (χ0v) is 12.8. The first-order chi connectivity index (χ1) is 10.7. The standard InChI is InChI=1S/C21H17N/c1-14-11-12-16(13-15(14)2)21-17-7-3-5-9-19(17)22-20-10-6-4-8-18(20)21/h3-13H,1-2H3. The van der Waals surface area contributed by atoms with Crippen molar-refractivity contribution in [1.82, 2.24) is 4.98 Å². The Balaban J connectivity index is 2.18. The largest absolute Gasteiger partial charge is 0.248 e. The summed E-state index contributed by atoms with van der Waals surface area (Å²) in [6.45, 7) is 4.33. The quantitative estimate of drug-likeness (QED) is 0.410. The Morgan fingerprint density at radius 1 is 0.636 bits per heavy atom. The van der Waals surface area contributed by atoms with Crippen LogP contribution < -0.4 is 0 Å². The maximum absolute atomic E-state index is 4.80. The summed E-state index contributed by atoms with van der Waals surface area (Å²) in [5.41, 5.74) is 7.29. The molecule has 1 aromatic heterocycles. The molecule has 0 unspecified atom stereocenters. The smallest absolute Gasteiger partial charge is 0.0715 e. The molecule has 106 valence electrons. The molecule has 0 atom stereocenters. The number of rotatable bonds is 1. The SMILES string of the molecule is Cc1ccc(-c2c3ccccc3nc3ccccc23)cc1C. The molecular formula is C21H17N. The summed E-state index contributed by atoms with van der Waals surface area (Å²) < 4.78 is 0. The first kappa shape index (κ1) is 13.0. The molecule has 3 aromatic carbocycles. The number of aryl methyl sites for hydroxylation is 2. The van der Waals surface area contributed by atoms with Crippen molar-refractivity contribution in [2.75, 3.05) is 0 Å². The summed E-state index contributed by atoms with van der Waals surface area (Å²) in [7, 11) is 0. The van der Waals surface area contributed by atoms with Crippen LogP contribution in [0.1, 0.15) is 11.1 Å². The van der Waals surface area contributed by atoms with E-state index in [1.807, 2.05) is 12.1 Å². The fraction of sp³-hybridized carbons (Fsp3) is 0.0952. The van der Waals surface area contributed by atoms with E-state index in [1.165, 1.54) is 33.0 Å². The summed E-state index contributed by atoms with van der Waals surface area (Å²) in [5.74, 6) is 0. The number of benzene rings is 3. The van der Waals surface area contributed by atoms with Gasteiger partial charge in [0.05, 0.1) is 11.0 Å². The van der Waals surface area contributed by atoms with Crippen LogP contribution in [0.15, 0.2) is 66.7 Å². The van der Waals surface area contributed by atoms with Gasteiger partial charge in [0.15, 0.2) is 0 Å². The van der Waals surface area contributed by atoms with Gasteiger partial charge in [-0.2, -0.15) is 0 Å². The van der Waals surface area contributed by atoms with E-state index in [0.717, 1.165) is 11.0 Å². The third kappa shape index (κ3) is 1.98. The second-order valence-electron chi connectivity index (χ2n) is 5.82. The van der Waals surface area contributed by atoms with Gasteiger partial charge >= 0.3 is 0 Å². The van der Waals surface area contributed by atoms with E-state index in [-0.39, 0.29) is 0 Å². The van der Waals surface area contributed by atoms with E-state index in [9.17, 15) is 0 Å². The number of pyridine rings is 1. The predicted molar refractivity (Wildman–Crippen MR) is 94.2 cm³/mol. The molecule has 4 aromatic rings. The molecular weight excluding hydrogens is 266 g/mol. The van der Waals surface area contributed by atoms with Crippen molar-refractivity contribution in [3.63, 3.8) is 0 Å². The van der Waals surface area contributed by atoms with Crippen LogP contribution in [-0.2, 0) is 0 Å². The molecule has 0 radical (unpaired) electrons. The minimum atomic E-state index is 1.05. The van der Waals surface area contributed by atoms with E-state index >= 15 is 0 Å². The molecule has 0 bridgehead atoms. The van der Waals surface area contributed by atoms with Gasteiger partial charge in [0.25, 0.3) is 0 Å². The molecule has 4 rings (SSSR count). The molecule has 0 amide bonds. The average molecular weight is 283 g/mol. The highest BCUT2D eigenvalue weighted by Gasteiger charge is 2.11. The Morgan fingerprint density at radius 2 is 1.23 bits per heavy atom. The van der Waals surface area contributed by atoms with Gasteiger partial charge < -0.3 is 0 Å². The Bertz CT molecular complexity index is 945. The van der Waals surface area contributed by atoms with E-state index in [2.05, 4.69) is 68.4 Å². The molecule has 0 N–H and O–H groups in total. The second-order valence-corrected chi connectivity index (χ2v) is 5.82. The number of hydrogen-bond donors (Lipinski definition) is 0. The predicted octanol–water partition coefficient (Wildman–Crippen LogP) is 5.67. The molecule has 22 heavy (non-hydrogen) atoms. The van der Waals surface area contributed by atoms with Gasteiger partial charge in [0.1, 0.15) is 0 Å². The van der Waals surface area contributed by atoms with E-state index in [0.29, 0.717) is 0 Å². The first-order valence-electron chi connectivity index (χ1n) is 7.59. The van der Waals surface area contributed by atoms with Gasteiger partial charge in [0.2, 0.25) is 0 Å². The molecule has 0 saturated carbocycles. The molecule has 1 heteroatoms. The van der Waals surface area contributed by atoms with Gasteiger partial charge in [-0.25, -0.2) is 4.98 Å². The van der Waals surface area contributed by atoms with Crippen LogP contribution in [0.4, 0.5) is 0 Å². The lowest BCUT2D eigenvalue weighted by Gasteiger charge is -2.12. The first-order valence-corrected chi connectivity index (χ1v) is 7.59. The zero-order chi connectivity index (χ0) is 15.1. The van der Waals surface area contributed by atoms with Crippen molar-refractivity contribution in [3.05, 3.63) is 77.9 Å². The van der Waals surface area contributed by atoms with Crippen LogP contribution in [-0.4, -0.2) is 4.98 Å². The summed E-state index contributed by atoms with van der Waals surface area (Å²) in [6, 6.07) is 23.5. The van der Waals surface area contributed by atoms with Gasteiger partial charge in [-0.3, -0.25) is 0 Å². The topological polar surface area (TPSA) is 12.9 Å². The summed E-state index contributed by atoms with van der Waals surface area (Å²) in [5, 5.41) is 2.42. The lowest BCUT2D eigenvalue weighted by atomic mass is 9.94. The zero-order valence-electron chi connectivity index (χ0n) is 12.8. The van der Waals surface area contributed by atoms with Crippen LogP contribution in [0.25, 0.3) is 32.9 Å². The van der Waals surface area contributed by atoms with Crippen molar-refractivity contribution in [1.29, 1.82) is 0 Å². The van der Waals surface area contributed by atoms with Crippen LogP contribution in [0.5, 0.6) is 0 Å². The van der Waals surface area contributed by atoms with Crippen molar-refractivity contribution in [3.8, 4) is 11.1 Å². The van der Waals surface area contributed by atoms with Gasteiger partial charge in [-0.15, -0.1) is 0 Å². The minimum absolute atomic E-state index is 1.05. The number of nitrogens with zero attached hydrogens (tertiary/aromatic N) is 1. The van der Waals surface area contributed by atoms with Gasteiger partial charge in [0, 0.05) is 16.3 Å². The Kier molecular flexibility index (Phi) is 2.93. The lowest BCUT2D eigenvalue weighted by Crippen LogP contribution is -1.90. The van der Waals surface area contributed by atoms with Crippen molar-refractivity contribution >= 4 is 21.8 Å². The summed E-state index contributed by atoms with van der Waals surface area (Å²) in [4.78, 5) is 4.80. The number of hydrogen-bond acceptors (Lipinski definition) is 1. The van der Waals surface area contributed by atoms with Crippen molar-refractivity contribution in [2.45, 2.75) is 13.8 Å². The number of para-hydroxylation sites is 2. The molecule has 0 fully saturated rings. The fourth-order valence-corrected chi connectivity index (χ4v) is 3.05. The maximum Gasteiger partial charge on any atom is 0.0715 e. The average Bonchev–Trinajstić information content (AvgIpc) is 2.55. The van der Waals surface area contributed by atoms with E-state index in [4.69, 9.17) is 4.98 Å². The minimum Gasteiger partial charge on any atom is -0.248 e. The Labute approximate surface area is 130 Å². The third-order valence-electron chi connectivity index (χ3n) is 4.38. The lowest BCUT2D eigenvalue weighted by molar-refractivity contribution is 1.34. The molecule has 0 aliphatic heterocycles. The normalized spacial score (nSPS) is 11.2. The number of fused-ring (bicyclic) bond motifs is 2. The van der Waals surface area contributed by atoms with Crippen LogP contribution in [0, 0.1) is 13.8 Å². The van der Waals surface area contributed by atoms with E-state index in [1.54, 1.807) is 0 Å². The maximum atomic E-state index is 4.80. The van der Waals surface area contributed by atoms with Gasteiger partial charge in [-0.05, 0) is 42.7 Å². The van der Waals surface area contributed by atoms with Crippen LogP contribution in [0.2, 0.25) is 0 Å². The highest BCUT2D eigenvalue weighted by atomic mass is 14.7. The summed E-state index contributed by atoms with van der Waals surface area (Å²) >= 11 is 0. The number of aromatic nitrogens is 1. The second kappa shape index (κ2) is 4.96. The van der Waals surface area contributed by atoms with Crippen molar-refractivity contribution < 1.29 is 0 Å². The third-order valence-corrected chi connectivity index (χ3v) is 4.38. The molecule has 0 saturated heterocycles. The molecule has 0 aliphatic carbocycles. The van der Waals surface area contributed by atoms with E-state index < -0.39 is 0 Å². The van der Waals surface area contributed by atoms with Crippen LogP contribution >= 0.6 is 0 Å². The highest BCUT2D eigenvalue weighted by Crippen LogP contribution is 2.35. The Hall–Kier alpha value is -2.67. The highest BCUT2D eigenvalue weighted by molar-refractivity contribution is 6.09. The molecule has 0 spiro atoms. The molecule has 0 aliphatic rings. The molecule has 1 heterocycles.